The summed E-state index contributed by atoms with van der Waals surface area (Å²) in [4.78, 5) is 21.0. The van der Waals surface area contributed by atoms with Crippen molar-refractivity contribution < 1.29 is 9.53 Å². The second-order valence-electron chi connectivity index (χ2n) is 6.44. The van der Waals surface area contributed by atoms with Crippen molar-refractivity contribution in [2.45, 2.75) is 44.1 Å². The average Bonchev–Trinajstić information content (AvgIpc) is 3.01. The minimum absolute atomic E-state index is 0.167. The number of carbonyl (C=O) groups excluding carboxylic acids is 1. The third-order valence-electron chi connectivity index (χ3n) is 4.57. The third kappa shape index (κ3) is 3.62. The van der Waals surface area contributed by atoms with Crippen LogP contribution in [0.2, 0.25) is 0 Å². The number of ether oxygens (including phenoxy) is 1. The zero-order valence-corrected chi connectivity index (χ0v) is 13.1. The molecule has 22 heavy (non-hydrogen) atoms. The molecule has 2 saturated heterocycles. The van der Waals surface area contributed by atoms with Crippen molar-refractivity contribution >= 4 is 5.91 Å². The van der Waals surface area contributed by atoms with E-state index in [-0.39, 0.29) is 11.5 Å². The average molecular weight is 304 g/mol. The van der Waals surface area contributed by atoms with Crippen molar-refractivity contribution in [3.63, 3.8) is 0 Å². The Kier molecular flexibility index (Phi) is 4.69. The molecule has 2 aliphatic rings. The molecule has 3 heterocycles. The number of amides is 1. The highest BCUT2D eigenvalue weighted by atomic mass is 16.5. The lowest BCUT2D eigenvalue weighted by Gasteiger charge is -2.23. The number of hydrogen-bond acceptors (Lipinski definition) is 5. The Labute approximate surface area is 131 Å². The molecule has 2 N–H and O–H groups in total. The minimum atomic E-state index is -0.240. The molecule has 2 aliphatic heterocycles. The van der Waals surface area contributed by atoms with Gasteiger partial charge in [0.1, 0.15) is 5.69 Å². The number of hydrogen-bond donors (Lipinski definition) is 2. The van der Waals surface area contributed by atoms with Gasteiger partial charge in [0.15, 0.2) is 0 Å². The summed E-state index contributed by atoms with van der Waals surface area (Å²) < 4.78 is 5.69. The van der Waals surface area contributed by atoms with E-state index < -0.39 is 0 Å². The quantitative estimate of drug-likeness (QED) is 0.875. The molecule has 0 aromatic carbocycles. The summed E-state index contributed by atoms with van der Waals surface area (Å²) in [5, 5.41) is 6.27. The van der Waals surface area contributed by atoms with Gasteiger partial charge >= 0.3 is 0 Å². The first-order chi connectivity index (χ1) is 10.7. The van der Waals surface area contributed by atoms with Crippen molar-refractivity contribution in [3.05, 3.63) is 23.8 Å². The number of nitrogens with one attached hydrogen (secondary N) is 2. The molecule has 0 bridgehead atoms. The van der Waals surface area contributed by atoms with Crippen molar-refractivity contribution in [1.29, 1.82) is 0 Å². The van der Waals surface area contributed by atoms with Crippen LogP contribution in [0.1, 0.15) is 54.7 Å². The van der Waals surface area contributed by atoms with Crippen molar-refractivity contribution in [2.75, 3.05) is 26.2 Å². The Morgan fingerprint density at radius 2 is 2.27 bits per heavy atom. The fourth-order valence-corrected chi connectivity index (χ4v) is 3.14. The van der Waals surface area contributed by atoms with Gasteiger partial charge in [0.05, 0.1) is 17.5 Å². The maximum absolute atomic E-state index is 12.3. The van der Waals surface area contributed by atoms with Gasteiger partial charge in [-0.25, -0.2) is 4.98 Å². The Morgan fingerprint density at radius 3 is 3.00 bits per heavy atom. The van der Waals surface area contributed by atoms with Crippen LogP contribution in [0.15, 0.2) is 12.4 Å². The summed E-state index contributed by atoms with van der Waals surface area (Å²) in [5.74, 6) is 0.234. The number of aromatic nitrogens is 2. The highest BCUT2D eigenvalue weighted by Gasteiger charge is 2.30. The van der Waals surface area contributed by atoms with Gasteiger partial charge < -0.3 is 15.4 Å². The summed E-state index contributed by atoms with van der Waals surface area (Å²) in [7, 11) is 0. The summed E-state index contributed by atoms with van der Waals surface area (Å²) in [6.45, 7) is 5.33. The lowest BCUT2D eigenvalue weighted by Crippen LogP contribution is -2.40. The third-order valence-corrected chi connectivity index (χ3v) is 4.57. The predicted octanol–water partition coefficient (Wildman–Crippen LogP) is 1.24. The van der Waals surface area contributed by atoms with E-state index in [0.29, 0.717) is 18.2 Å². The fourth-order valence-electron chi connectivity index (χ4n) is 3.14. The van der Waals surface area contributed by atoms with Crippen LogP contribution in [0.3, 0.4) is 0 Å². The molecular formula is C16H24N4O2. The summed E-state index contributed by atoms with van der Waals surface area (Å²) >= 11 is 0. The zero-order chi connectivity index (χ0) is 15.4. The van der Waals surface area contributed by atoms with Gasteiger partial charge in [-0.15, -0.1) is 0 Å². The second kappa shape index (κ2) is 6.71. The van der Waals surface area contributed by atoms with Gasteiger partial charge in [-0.3, -0.25) is 9.78 Å². The van der Waals surface area contributed by atoms with Crippen LogP contribution < -0.4 is 10.6 Å². The maximum Gasteiger partial charge on any atom is 0.271 e. The van der Waals surface area contributed by atoms with Crippen LogP contribution in [-0.4, -0.2) is 47.7 Å². The molecule has 3 rings (SSSR count). The highest BCUT2D eigenvalue weighted by Crippen LogP contribution is 2.24. The SMILES string of the molecule is C[C@@]1(CNC(=O)c2cncc(C3CCNCC3)n2)CCCO1. The van der Waals surface area contributed by atoms with Crippen LogP contribution >= 0.6 is 0 Å². The van der Waals surface area contributed by atoms with Gasteiger partial charge in [0.25, 0.3) is 5.91 Å². The number of carbonyl (C=O) groups is 1. The topological polar surface area (TPSA) is 76.1 Å². The molecule has 6 nitrogen and oxygen atoms in total. The predicted molar refractivity (Wildman–Crippen MR) is 82.8 cm³/mol. The van der Waals surface area contributed by atoms with Crippen LogP contribution in [0.4, 0.5) is 0 Å². The summed E-state index contributed by atoms with van der Waals surface area (Å²) in [5.41, 5.74) is 1.09. The van der Waals surface area contributed by atoms with Gasteiger partial charge in [0, 0.05) is 25.3 Å². The Bertz CT molecular complexity index is 523. The van der Waals surface area contributed by atoms with Gasteiger partial charge in [-0.05, 0) is 45.7 Å². The lowest BCUT2D eigenvalue weighted by atomic mass is 9.95. The molecule has 0 spiro atoms. The van der Waals surface area contributed by atoms with Crippen molar-refractivity contribution in [2.24, 2.45) is 0 Å². The fraction of sp³-hybridized carbons (Fsp3) is 0.688. The molecular weight excluding hydrogens is 280 g/mol. The first-order valence-corrected chi connectivity index (χ1v) is 8.11. The molecule has 0 radical (unpaired) electrons. The number of nitrogens with zero attached hydrogens (tertiary/aromatic N) is 2. The van der Waals surface area contributed by atoms with E-state index in [1.807, 2.05) is 6.92 Å². The van der Waals surface area contributed by atoms with Gasteiger partial charge in [0.2, 0.25) is 0 Å². The Balaban J connectivity index is 1.62. The zero-order valence-electron chi connectivity index (χ0n) is 13.1. The first kappa shape index (κ1) is 15.4. The largest absolute Gasteiger partial charge is 0.373 e. The smallest absolute Gasteiger partial charge is 0.271 e. The monoisotopic (exact) mass is 304 g/mol. The molecule has 6 heteroatoms. The van der Waals surface area contributed by atoms with Crippen LogP contribution in [0.5, 0.6) is 0 Å². The van der Waals surface area contributed by atoms with E-state index in [9.17, 15) is 4.79 Å². The molecule has 0 unspecified atom stereocenters. The maximum atomic E-state index is 12.3. The molecule has 1 amide bonds. The Hall–Kier alpha value is -1.53. The minimum Gasteiger partial charge on any atom is -0.373 e. The van der Waals surface area contributed by atoms with E-state index in [0.717, 1.165) is 51.1 Å². The summed E-state index contributed by atoms with van der Waals surface area (Å²) in [6.07, 6.45) is 7.45. The first-order valence-electron chi connectivity index (χ1n) is 8.11. The van der Waals surface area contributed by atoms with Gasteiger partial charge in [-0.1, -0.05) is 0 Å². The number of rotatable bonds is 4. The molecule has 1 atom stereocenters. The van der Waals surface area contributed by atoms with Crippen molar-refractivity contribution in [1.82, 2.24) is 20.6 Å². The van der Waals surface area contributed by atoms with E-state index in [4.69, 9.17) is 4.74 Å². The second-order valence-corrected chi connectivity index (χ2v) is 6.44. The van der Waals surface area contributed by atoms with Crippen LogP contribution in [0.25, 0.3) is 0 Å². The van der Waals surface area contributed by atoms with Gasteiger partial charge in [-0.2, -0.15) is 0 Å². The van der Waals surface area contributed by atoms with Crippen LogP contribution in [-0.2, 0) is 4.74 Å². The molecule has 2 fully saturated rings. The van der Waals surface area contributed by atoms with E-state index in [1.165, 1.54) is 6.20 Å². The Morgan fingerprint density at radius 1 is 1.45 bits per heavy atom. The highest BCUT2D eigenvalue weighted by molar-refractivity contribution is 5.92. The lowest BCUT2D eigenvalue weighted by molar-refractivity contribution is 0.0205. The van der Waals surface area contributed by atoms with E-state index in [1.54, 1.807) is 6.20 Å². The molecule has 1 aromatic heterocycles. The number of piperidine rings is 1. The molecule has 1 aromatic rings. The molecule has 120 valence electrons. The molecule has 0 aliphatic carbocycles. The van der Waals surface area contributed by atoms with E-state index in [2.05, 4.69) is 20.6 Å². The standard InChI is InChI=1S/C16H24N4O2/c1-16(5-2-8-22-16)11-19-15(21)14-10-18-9-13(20-14)12-3-6-17-7-4-12/h9-10,12,17H,2-8,11H2,1H3,(H,19,21)/t16-/m0/s1. The normalized spacial score (nSPS) is 26.0. The van der Waals surface area contributed by atoms with Crippen molar-refractivity contribution in [3.8, 4) is 0 Å². The molecule has 0 saturated carbocycles. The van der Waals surface area contributed by atoms with E-state index >= 15 is 0 Å². The summed E-state index contributed by atoms with van der Waals surface area (Å²) in [6, 6.07) is 0. The van der Waals surface area contributed by atoms with Crippen LogP contribution in [0, 0.1) is 0 Å².